The maximum atomic E-state index is 6.18. The van der Waals surface area contributed by atoms with Gasteiger partial charge in [0.2, 0.25) is 0 Å². The zero-order valence-electron chi connectivity index (χ0n) is 9.39. The molecule has 16 heavy (non-hydrogen) atoms. The van der Waals surface area contributed by atoms with Gasteiger partial charge in [0.05, 0.1) is 5.69 Å². The minimum Gasteiger partial charge on any atom is -0.369 e. The van der Waals surface area contributed by atoms with Crippen molar-refractivity contribution in [2.24, 2.45) is 0 Å². The maximum Gasteiger partial charge on any atom is 0.0526 e. The van der Waals surface area contributed by atoms with Crippen LogP contribution in [0.5, 0.6) is 0 Å². The summed E-state index contributed by atoms with van der Waals surface area (Å²) < 4.78 is 1.14. The first-order chi connectivity index (χ1) is 7.68. The van der Waals surface area contributed by atoms with Crippen molar-refractivity contribution in [3.8, 4) is 0 Å². The van der Waals surface area contributed by atoms with Crippen LogP contribution in [-0.2, 0) is 0 Å². The van der Waals surface area contributed by atoms with E-state index in [-0.39, 0.29) is 0 Å². The molecule has 88 valence electrons. The van der Waals surface area contributed by atoms with Crippen LogP contribution in [0.3, 0.4) is 0 Å². The van der Waals surface area contributed by atoms with Crippen LogP contribution in [-0.4, -0.2) is 26.2 Å². The summed E-state index contributed by atoms with van der Waals surface area (Å²) in [6.45, 7) is 6.30. The first kappa shape index (κ1) is 12.2. The van der Waals surface area contributed by atoms with Crippen molar-refractivity contribution in [1.29, 1.82) is 0 Å². The highest BCUT2D eigenvalue weighted by atomic mass is 79.9. The van der Waals surface area contributed by atoms with Crippen molar-refractivity contribution in [1.82, 2.24) is 5.32 Å². The van der Waals surface area contributed by atoms with E-state index in [0.29, 0.717) is 0 Å². The Labute approximate surface area is 110 Å². The number of hydrogen-bond acceptors (Lipinski definition) is 2. The van der Waals surface area contributed by atoms with E-state index in [1.807, 2.05) is 6.92 Å². The molecule has 1 aliphatic rings. The van der Waals surface area contributed by atoms with Crippen molar-refractivity contribution in [2.45, 2.75) is 13.3 Å². The molecule has 4 heteroatoms. The summed E-state index contributed by atoms with van der Waals surface area (Å²) in [6, 6.07) is 4.16. The molecule has 1 aliphatic heterocycles. The highest BCUT2D eigenvalue weighted by Crippen LogP contribution is 2.32. The third kappa shape index (κ3) is 2.70. The van der Waals surface area contributed by atoms with Crippen molar-refractivity contribution < 1.29 is 0 Å². The van der Waals surface area contributed by atoms with Gasteiger partial charge in [-0.25, -0.2) is 0 Å². The van der Waals surface area contributed by atoms with E-state index in [1.165, 1.54) is 12.1 Å². The van der Waals surface area contributed by atoms with Crippen molar-refractivity contribution in [2.75, 3.05) is 31.1 Å². The van der Waals surface area contributed by atoms with Crippen LogP contribution in [0.4, 0.5) is 5.69 Å². The Balaban J connectivity index is 2.27. The number of anilines is 1. The Morgan fingerprint density at radius 3 is 2.94 bits per heavy atom. The lowest BCUT2D eigenvalue weighted by Gasteiger charge is -2.24. The van der Waals surface area contributed by atoms with E-state index < -0.39 is 0 Å². The van der Waals surface area contributed by atoms with E-state index in [9.17, 15) is 0 Å². The first-order valence-electron chi connectivity index (χ1n) is 5.60. The summed E-state index contributed by atoms with van der Waals surface area (Å²) in [4.78, 5) is 2.38. The van der Waals surface area contributed by atoms with Crippen LogP contribution < -0.4 is 10.2 Å². The second-order valence-corrected chi connectivity index (χ2v) is 5.40. The predicted molar refractivity (Wildman–Crippen MR) is 73.6 cm³/mol. The van der Waals surface area contributed by atoms with Crippen LogP contribution >= 0.6 is 27.5 Å². The summed E-state index contributed by atoms with van der Waals surface area (Å²) in [7, 11) is 0. The van der Waals surface area contributed by atoms with Crippen molar-refractivity contribution >= 4 is 33.2 Å². The molecular formula is C12H16BrClN2. The summed E-state index contributed by atoms with van der Waals surface area (Å²) in [5, 5.41) is 4.25. The minimum atomic E-state index is 0.843. The largest absolute Gasteiger partial charge is 0.369 e. The zero-order chi connectivity index (χ0) is 11.5. The molecule has 0 amide bonds. The number of hydrogen-bond donors (Lipinski definition) is 1. The Morgan fingerprint density at radius 1 is 1.31 bits per heavy atom. The number of halogens is 2. The average molecular weight is 304 g/mol. The molecule has 2 nitrogen and oxygen atoms in total. The maximum absolute atomic E-state index is 6.18. The molecule has 0 aliphatic carbocycles. The normalized spacial score (nSPS) is 17.3. The van der Waals surface area contributed by atoms with Gasteiger partial charge in [-0.05, 0) is 53.5 Å². The summed E-state index contributed by atoms with van der Waals surface area (Å²) in [6.07, 6.45) is 1.18. The minimum absolute atomic E-state index is 0.843. The fourth-order valence-corrected chi connectivity index (χ4v) is 2.83. The van der Waals surface area contributed by atoms with E-state index in [0.717, 1.165) is 41.2 Å². The predicted octanol–water partition coefficient (Wildman–Crippen LogP) is 3.21. The van der Waals surface area contributed by atoms with Crippen molar-refractivity contribution in [3.05, 3.63) is 27.2 Å². The molecule has 0 radical (unpaired) electrons. The third-order valence-electron chi connectivity index (χ3n) is 2.91. The van der Waals surface area contributed by atoms with E-state index in [4.69, 9.17) is 11.6 Å². The molecule has 1 aromatic rings. The van der Waals surface area contributed by atoms with Gasteiger partial charge in [-0.1, -0.05) is 11.6 Å². The monoisotopic (exact) mass is 302 g/mol. The molecule has 0 aromatic heterocycles. The second-order valence-electron chi connectivity index (χ2n) is 4.14. The smallest absolute Gasteiger partial charge is 0.0526 e. The Morgan fingerprint density at radius 2 is 2.12 bits per heavy atom. The van der Waals surface area contributed by atoms with Gasteiger partial charge in [0.25, 0.3) is 0 Å². The summed E-state index contributed by atoms with van der Waals surface area (Å²) in [5.74, 6) is 0. The number of aryl methyl sites for hydroxylation is 1. The Kier molecular flexibility index (Phi) is 4.11. The number of rotatable bonds is 1. The van der Waals surface area contributed by atoms with E-state index in [1.54, 1.807) is 0 Å². The van der Waals surface area contributed by atoms with E-state index >= 15 is 0 Å². The molecule has 1 heterocycles. The molecule has 1 fully saturated rings. The summed E-state index contributed by atoms with van der Waals surface area (Å²) >= 11 is 9.80. The van der Waals surface area contributed by atoms with Crippen molar-refractivity contribution in [3.63, 3.8) is 0 Å². The molecule has 1 aromatic carbocycles. The Bertz CT molecular complexity index is 374. The molecule has 0 spiro atoms. The molecule has 0 atom stereocenters. The van der Waals surface area contributed by atoms with E-state index in [2.05, 4.69) is 38.3 Å². The molecule has 2 rings (SSSR count). The van der Waals surface area contributed by atoms with Gasteiger partial charge in [-0.15, -0.1) is 0 Å². The van der Waals surface area contributed by atoms with Crippen LogP contribution in [0.25, 0.3) is 0 Å². The average Bonchev–Trinajstić information content (AvgIpc) is 2.52. The fraction of sp³-hybridized carbons (Fsp3) is 0.500. The molecule has 1 saturated heterocycles. The number of nitrogens with zero attached hydrogens (tertiary/aromatic N) is 1. The molecular weight excluding hydrogens is 288 g/mol. The summed E-state index contributed by atoms with van der Waals surface area (Å²) in [5.41, 5.74) is 2.32. The second kappa shape index (κ2) is 5.39. The van der Waals surface area contributed by atoms with Crippen LogP contribution in [0.15, 0.2) is 16.6 Å². The van der Waals surface area contributed by atoms with Gasteiger partial charge in [-0.3, -0.25) is 0 Å². The lowest BCUT2D eigenvalue weighted by Crippen LogP contribution is -2.28. The highest BCUT2D eigenvalue weighted by molar-refractivity contribution is 9.10. The van der Waals surface area contributed by atoms with Crippen LogP contribution in [0.1, 0.15) is 12.0 Å². The highest BCUT2D eigenvalue weighted by Gasteiger charge is 2.13. The first-order valence-corrected chi connectivity index (χ1v) is 6.77. The Hall–Kier alpha value is -0.250. The van der Waals surface area contributed by atoms with Gasteiger partial charge in [0.15, 0.2) is 0 Å². The van der Waals surface area contributed by atoms with Gasteiger partial charge in [0, 0.05) is 29.1 Å². The SMILES string of the molecule is Cc1cc(Br)c(N2CCCNCC2)cc1Cl. The number of nitrogens with one attached hydrogen (secondary N) is 1. The lowest BCUT2D eigenvalue weighted by atomic mass is 10.2. The van der Waals surface area contributed by atoms with Crippen LogP contribution in [0, 0.1) is 6.92 Å². The molecule has 1 N–H and O–H groups in total. The quantitative estimate of drug-likeness (QED) is 0.857. The zero-order valence-corrected chi connectivity index (χ0v) is 11.7. The number of benzene rings is 1. The molecule has 0 bridgehead atoms. The van der Waals surface area contributed by atoms with Gasteiger partial charge < -0.3 is 10.2 Å². The molecule has 0 unspecified atom stereocenters. The fourth-order valence-electron chi connectivity index (χ4n) is 1.96. The third-order valence-corrected chi connectivity index (χ3v) is 3.95. The molecule has 0 saturated carbocycles. The van der Waals surface area contributed by atoms with Gasteiger partial charge >= 0.3 is 0 Å². The van der Waals surface area contributed by atoms with Gasteiger partial charge in [-0.2, -0.15) is 0 Å². The lowest BCUT2D eigenvalue weighted by molar-refractivity contribution is 0.724. The van der Waals surface area contributed by atoms with Crippen LogP contribution in [0.2, 0.25) is 5.02 Å². The standard InChI is InChI=1S/C12H16BrClN2/c1-9-7-10(13)12(8-11(9)14)16-5-2-3-15-4-6-16/h7-8,15H,2-6H2,1H3. The van der Waals surface area contributed by atoms with Gasteiger partial charge in [0.1, 0.15) is 0 Å². The topological polar surface area (TPSA) is 15.3 Å².